The van der Waals surface area contributed by atoms with Crippen LogP contribution in [0.2, 0.25) is 0 Å². The van der Waals surface area contributed by atoms with Gasteiger partial charge in [-0.25, -0.2) is 0 Å². The minimum atomic E-state index is -0.228. The van der Waals surface area contributed by atoms with Crippen LogP contribution in [-0.2, 0) is 5.41 Å². The fourth-order valence-electron chi connectivity index (χ4n) is 1.86. The van der Waals surface area contributed by atoms with Gasteiger partial charge in [0.1, 0.15) is 0 Å². The molecule has 70 valence electrons. The van der Waals surface area contributed by atoms with Crippen LogP contribution in [0.5, 0.6) is 0 Å². The van der Waals surface area contributed by atoms with Crippen molar-refractivity contribution in [1.29, 1.82) is 0 Å². The number of hydrogen-bond acceptors (Lipinski definition) is 1. The van der Waals surface area contributed by atoms with Gasteiger partial charge in [-0.2, -0.15) is 0 Å². The van der Waals surface area contributed by atoms with Crippen LogP contribution in [0.25, 0.3) is 0 Å². The van der Waals surface area contributed by atoms with Crippen LogP contribution in [0.4, 0.5) is 0 Å². The lowest BCUT2D eigenvalue weighted by Crippen LogP contribution is -2.22. The van der Waals surface area contributed by atoms with E-state index in [1.165, 1.54) is 5.56 Å². The summed E-state index contributed by atoms with van der Waals surface area (Å²) in [5, 5.41) is 9.65. The Morgan fingerprint density at radius 1 is 1.31 bits per heavy atom. The Hall–Kier alpha value is -0.340. The van der Waals surface area contributed by atoms with E-state index in [0.717, 1.165) is 17.3 Å². The van der Waals surface area contributed by atoms with Crippen molar-refractivity contribution >= 4 is 15.9 Å². The molecular weight excluding hydrogens is 228 g/mol. The molecule has 0 unspecified atom stereocenters. The molecule has 13 heavy (non-hydrogen) atoms. The molecule has 0 bridgehead atoms. The molecule has 1 saturated carbocycles. The van der Waals surface area contributed by atoms with Crippen LogP contribution in [0.1, 0.15) is 25.3 Å². The topological polar surface area (TPSA) is 20.2 Å². The van der Waals surface area contributed by atoms with Crippen LogP contribution < -0.4 is 0 Å². The molecule has 2 rings (SSSR count). The van der Waals surface area contributed by atoms with Gasteiger partial charge in [0.25, 0.3) is 0 Å². The quantitative estimate of drug-likeness (QED) is 0.844. The highest BCUT2D eigenvalue weighted by atomic mass is 79.9. The Bertz CT molecular complexity index is 298. The Kier molecular flexibility index (Phi) is 2.20. The number of benzene rings is 1. The van der Waals surface area contributed by atoms with Crippen LogP contribution in [0.15, 0.2) is 28.7 Å². The first kappa shape index (κ1) is 9.22. The molecule has 0 saturated heterocycles. The molecule has 1 aromatic carbocycles. The normalized spacial score (nSPS) is 21.2. The van der Waals surface area contributed by atoms with E-state index in [1.54, 1.807) is 0 Å². The highest BCUT2D eigenvalue weighted by Crippen LogP contribution is 2.50. The summed E-state index contributed by atoms with van der Waals surface area (Å²) in [6, 6.07) is 8.28. The van der Waals surface area contributed by atoms with Crippen molar-refractivity contribution in [2.24, 2.45) is 0 Å². The Morgan fingerprint density at radius 2 is 1.85 bits per heavy atom. The molecule has 0 radical (unpaired) electrons. The summed E-state index contributed by atoms with van der Waals surface area (Å²) >= 11 is 3.41. The zero-order valence-electron chi connectivity index (χ0n) is 7.63. The lowest BCUT2D eigenvalue weighted by atomic mass is 9.91. The van der Waals surface area contributed by atoms with Crippen molar-refractivity contribution in [3.63, 3.8) is 0 Å². The highest BCUT2D eigenvalue weighted by Gasteiger charge is 2.48. The van der Waals surface area contributed by atoms with Crippen LogP contribution in [-0.4, -0.2) is 11.2 Å². The molecule has 1 nitrogen and oxygen atoms in total. The van der Waals surface area contributed by atoms with Crippen molar-refractivity contribution in [3.8, 4) is 0 Å². The average Bonchev–Trinajstić information content (AvgIpc) is 2.86. The van der Waals surface area contributed by atoms with Crippen LogP contribution in [0.3, 0.4) is 0 Å². The van der Waals surface area contributed by atoms with Crippen molar-refractivity contribution in [3.05, 3.63) is 34.3 Å². The fourth-order valence-corrected chi connectivity index (χ4v) is 2.13. The maximum absolute atomic E-state index is 9.65. The molecule has 0 spiro atoms. The summed E-state index contributed by atoms with van der Waals surface area (Å²) < 4.78 is 1.10. The third-order valence-electron chi connectivity index (χ3n) is 3.01. The van der Waals surface area contributed by atoms with Gasteiger partial charge in [-0.1, -0.05) is 28.1 Å². The zero-order valence-corrected chi connectivity index (χ0v) is 9.21. The summed E-state index contributed by atoms with van der Waals surface area (Å²) in [5.41, 5.74) is 1.34. The molecular formula is C11H13BrO. The lowest BCUT2D eigenvalue weighted by Gasteiger charge is -2.18. The fraction of sp³-hybridized carbons (Fsp3) is 0.455. The van der Waals surface area contributed by atoms with Gasteiger partial charge >= 0.3 is 0 Å². The summed E-state index contributed by atoms with van der Waals surface area (Å²) in [6.45, 7) is 1.88. The Balaban J connectivity index is 2.31. The average molecular weight is 241 g/mol. The second kappa shape index (κ2) is 3.10. The van der Waals surface area contributed by atoms with Gasteiger partial charge in [0.2, 0.25) is 0 Å². The van der Waals surface area contributed by atoms with E-state index in [2.05, 4.69) is 28.1 Å². The van der Waals surface area contributed by atoms with E-state index in [9.17, 15) is 5.11 Å². The summed E-state index contributed by atoms with van der Waals surface area (Å²) in [7, 11) is 0. The zero-order chi connectivity index (χ0) is 9.47. The molecule has 0 aromatic heterocycles. The Morgan fingerprint density at radius 3 is 2.23 bits per heavy atom. The monoisotopic (exact) mass is 240 g/mol. The van der Waals surface area contributed by atoms with E-state index in [-0.39, 0.29) is 11.5 Å². The van der Waals surface area contributed by atoms with Gasteiger partial charge in [0, 0.05) is 9.89 Å². The van der Waals surface area contributed by atoms with Crippen molar-refractivity contribution in [2.45, 2.75) is 31.3 Å². The first-order valence-electron chi connectivity index (χ1n) is 4.59. The summed E-state index contributed by atoms with van der Waals surface area (Å²) in [4.78, 5) is 0. The third kappa shape index (κ3) is 1.53. The van der Waals surface area contributed by atoms with E-state index < -0.39 is 0 Å². The van der Waals surface area contributed by atoms with Gasteiger partial charge < -0.3 is 5.11 Å². The summed E-state index contributed by atoms with van der Waals surface area (Å²) in [5.74, 6) is 0. The third-order valence-corrected chi connectivity index (χ3v) is 3.54. The molecule has 0 heterocycles. The molecule has 1 atom stereocenters. The molecule has 0 amide bonds. The minimum absolute atomic E-state index is 0.0701. The van der Waals surface area contributed by atoms with Gasteiger partial charge in [-0.05, 0) is 37.5 Å². The van der Waals surface area contributed by atoms with Gasteiger partial charge in [0.15, 0.2) is 0 Å². The number of aliphatic hydroxyl groups is 1. The first-order valence-corrected chi connectivity index (χ1v) is 5.38. The van der Waals surface area contributed by atoms with Crippen molar-refractivity contribution in [1.82, 2.24) is 0 Å². The maximum atomic E-state index is 9.65. The second-order valence-corrected chi connectivity index (χ2v) is 4.75. The first-order chi connectivity index (χ1) is 6.15. The number of hydrogen-bond donors (Lipinski definition) is 1. The lowest BCUT2D eigenvalue weighted by molar-refractivity contribution is 0.150. The predicted molar refractivity (Wildman–Crippen MR) is 56.7 cm³/mol. The van der Waals surface area contributed by atoms with Gasteiger partial charge in [-0.3, -0.25) is 0 Å². The van der Waals surface area contributed by atoms with Gasteiger partial charge in [-0.15, -0.1) is 0 Å². The van der Waals surface area contributed by atoms with E-state index in [1.807, 2.05) is 19.1 Å². The standard InChI is InChI=1S/C11H13BrO/c1-8(13)11(6-7-11)9-2-4-10(12)5-3-9/h2-5,8,13H,6-7H2,1H3/t8-/m1/s1. The molecule has 1 N–H and O–H groups in total. The second-order valence-electron chi connectivity index (χ2n) is 3.84. The van der Waals surface area contributed by atoms with E-state index >= 15 is 0 Å². The minimum Gasteiger partial charge on any atom is -0.392 e. The smallest absolute Gasteiger partial charge is 0.0608 e. The number of aliphatic hydroxyl groups excluding tert-OH is 1. The Labute approximate surface area is 86.9 Å². The van der Waals surface area contributed by atoms with Crippen LogP contribution >= 0.6 is 15.9 Å². The molecule has 1 aliphatic carbocycles. The number of rotatable bonds is 2. The molecule has 0 aliphatic heterocycles. The number of halogens is 1. The molecule has 1 aliphatic rings. The van der Waals surface area contributed by atoms with Crippen molar-refractivity contribution < 1.29 is 5.11 Å². The SMILES string of the molecule is C[C@@H](O)C1(c2ccc(Br)cc2)CC1. The molecule has 2 heteroatoms. The largest absolute Gasteiger partial charge is 0.392 e. The predicted octanol–water partition coefficient (Wildman–Crippen LogP) is 2.86. The van der Waals surface area contributed by atoms with E-state index in [0.29, 0.717) is 0 Å². The molecule has 1 fully saturated rings. The summed E-state index contributed by atoms with van der Waals surface area (Å²) in [6.07, 6.45) is 2.01. The maximum Gasteiger partial charge on any atom is 0.0608 e. The van der Waals surface area contributed by atoms with Gasteiger partial charge in [0.05, 0.1) is 6.10 Å². The van der Waals surface area contributed by atoms with E-state index in [4.69, 9.17) is 0 Å². The van der Waals surface area contributed by atoms with Crippen molar-refractivity contribution in [2.75, 3.05) is 0 Å². The molecule has 1 aromatic rings. The highest BCUT2D eigenvalue weighted by molar-refractivity contribution is 9.10. The van der Waals surface area contributed by atoms with Crippen LogP contribution in [0, 0.1) is 0 Å².